The van der Waals surface area contributed by atoms with Gasteiger partial charge in [-0.2, -0.15) is 5.10 Å². The van der Waals surface area contributed by atoms with E-state index in [1.807, 2.05) is 41.2 Å². The maximum absolute atomic E-state index is 5.98. The first kappa shape index (κ1) is 15.1. The van der Waals surface area contributed by atoms with E-state index in [4.69, 9.17) is 11.6 Å². The molecule has 24 heavy (non-hydrogen) atoms. The van der Waals surface area contributed by atoms with Crippen molar-refractivity contribution in [3.63, 3.8) is 0 Å². The molecule has 0 amide bonds. The Balaban J connectivity index is 1.60. The summed E-state index contributed by atoms with van der Waals surface area (Å²) in [6.45, 7) is 0.723. The minimum atomic E-state index is 0.723. The maximum atomic E-state index is 5.98. The van der Waals surface area contributed by atoms with Gasteiger partial charge in [-0.25, -0.2) is 0 Å². The Morgan fingerprint density at radius 3 is 2.62 bits per heavy atom. The molecule has 0 aliphatic carbocycles. The van der Waals surface area contributed by atoms with Gasteiger partial charge in [-0.3, -0.25) is 14.6 Å². The quantitative estimate of drug-likeness (QED) is 0.531. The lowest BCUT2D eigenvalue weighted by Gasteiger charge is -2.03. The first-order valence-electron chi connectivity index (χ1n) is 7.42. The zero-order chi connectivity index (χ0) is 16.4. The van der Waals surface area contributed by atoms with Crippen LogP contribution in [0.2, 0.25) is 4.34 Å². The predicted molar refractivity (Wildman–Crippen MR) is 97.1 cm³/mol. The van der Waals surface area contributed by atoms with E-state index < -0.39 is 0 Å². The fourth-order valence-electron chi connectivity index (χ4n) is 2.49. The Labute approximate surface area is 148 Å². The van der Waals surface area contributed by atoms with E-state index in [1.165, 1.54) is 4.88 Å². The first-order valence-corrected chi connectivity index (χ1v) is 8.62. The molecule has 3 heterocycles. The van der Waals surface area contributed by atoms with Crippen molar-refractivity contribution in [2.75, 3.05) is 0 Å². The molecule has 0 fully saturated rings. The Morgan fingerprint density at radius 1 is 1.00 bits per heavy atom. The zero-order valence-corrected chi connectivity index (χ0v) is 14.2. The van der Waals surface area contributed by atoms with Gasteiger partial charge in [0.15, 0.2) is 0 Å². The molecule has 4 nitrogen and oxygen atoms in total. The van der Waals surface area contributed by atoms with Crippen LogP contribution in [-0.2, 0) is 6.54 Å². The maximum Gasteiger partial charge on any atom is 0.0931 e. The van der Waals surface area contributed by atoms with E-state index in [-0.39, 0.29) is 0 Å². The van der Waals surface area contributed by atoms with Crippen LogP contribution >= 0.6 is 22.9 Å². The van der Waals surface area contributed by atoms with Crippen molar-refractivity contribution < 1.29 is 0 Å². The molecule has 0 aliphatic heterocycles. The molecule has 6 heteroatoms. The molecule has 0 N–H and O–H groups in total. The molecule has 4 aromatic rings. The molecular formula is C18H13ClN4S. The van der Waals surface area contributed by atoms with Crippen LogP contribution in [0, 0.1) is 0 Å². The molecule has 1 aromatic carbocycles. The first-order chi connectivity index (χ1) is 11.8. The Kier molecular flexibility index (Phi) is 4.11. The van der Waals surface area contributed by atoms with E-state index in [2.05, 4.69) is 27.2 Å². The molecule has 0 saturated heterocycles. The second kappa shape index (κ2) is 6.55. The number of nitrogens with zero attached hydrogens (tertiary/aromatic N) is 4. The Hall–Kier alpha value is -2.50. The highest BCUT2D eigenvalue weighted by atomic mass is 35.5. The number of thiophene rings is 1. The van der Waals surface area contributed by atoms with Crippen LogP contribution in [0.4, 0.5) is 0 Å². The summed E-state index contributed by atoms with van der Waals surface area (Å²) in [7, 11) is 0. The number of benzene rings is 1. The van der Waals surface area contributed by atoms with E-state index in [0.717, 1.165) is 33.4 Å². The number of aromatic nitrogens is 4. The molecule has 0 unspecified atom stereocenters. The molecule has 0 saturated carbocycles. The lowest BCUT2D eigenvalue weighted by molar-refractivity contribution is 0.697. The molecular weight excluding hydrogens is 340 g/mol. The summed E-state index contributed by atoms with van der Waals surface area (Å²) in [5.41, 5.74) is 3.87. The van der Waals surface area contributed by atoms with Gasteiger partial charge in [0.25, 0.3) is 0 Å². The van der Waals surface area contributed by atoms with Crippen molar-refractivity contribution in [1.29, 1.82) is 0 Å². The van der Waals surface area contributed by atoms with E-state index in [1.54, 1.807) is 29.9 Å². The third-order valence-corrected chi connectivity index (χ3v) is 4.82. The Bertz CT molecular complexity index is 962. The summed E-state index contributed by atoms with van der Waals surface area (Å²) in [4.78, 5) is 9.66. The topological polar surface area (TPSA) is 43.6 Å². The number of rotatable bonds is 4. The third-order valence-electron chi connectivity index (χ3n) is 3.60. The summed E-state index contributed by atoms with van der Waals surface area (Å²) in [5, 5.41) is 4.66. The molecule has 3 aromatic heterocycles. The van der Waals surface area contributed by atoms with E-state index in [0.29, 0.717) is 0 Å². The highest BCUT2D eigenvalue weighted by molar-refractivity contribution is 7.16. The van der Waals surface area contributed by atoms with Gasteiger partial charge in [-0.05, 0) is 24.3 Å². The van der Waals surface area contributed by atoms with Gasteiger partial charge in [0, 0.05) is 34.6 Å². The molecule has 118 valence electrons. The van der Waals surface area contributed by atoms with E-state index in [9.17, 15) is 0 Å². The summed E-state index contributed by atoms with van der Waals surface area (Å²) >= 11 is 7.56. The van der Waals surface area contributed by atoms with E-state index >= 15 is 0 Å². The third kappa shape index (κ3) is 3.22. The smallest absolute Gasteiger partial charge is 0.0931 e. The fraction of sp³-hybridized carbons (Fsp3) is 0.0556. The van der Waals surface area contributed by atoms with Gasteiger partial charge in [0.1, 0.15) is 0 Å². The molecule has 0 bridgehead atoms. The predicted octanol–water partition coefficient (Wildman–Crippen LogP) is 4.77. The average Bonchev–Trinajstić information content (AvgIpc) is 3.25. The second-order valence-electron chi connectivity index (χ2n) is 5.28. The van der Waals surface area contributed by atoms with Crippen LogP contribution < -0.4 is 0 Å². The SMILES string of the molecule is Clc1ccc(Cn2ccc(-c3cccc(-c4cnccn4)c3)n2)s1. The monoisotopic (exact) mass is 352 g/mol. The molecule has 0 spiro atoms. The van der Waals surface area contributed by atoms with Crippen LogP contribution in [0.5, 0.6) is 0 Å². The van der Waals surface area contributed by atoms with Gasteiger partial charge >= 0.3 is 0 Å². The number of hydrogen-bond acceptors (Lipinski definition) is 4. The van der Waals surface area contributed by atoms with Gasteiger partial charge in [0.05, 0.1) is 28.5 Å². The van der Waals surface area contributed by atoms with Crippen molar-refractivity contribution in [3.8, 4) is 22.5 Å². The minimum absolute atomic E-state index is 0.723. The van der Waals surface area contributed by atoms with Crippen LogP contribution in [0.15, 0.2) is 67.3 Å². The normalized spacial score (nSPS) is 10.9. The number of halogens is 1. The van der Waals surface area contributed by atoms with Crippen molar-refractivity contribution >= 4 is 22.9 Å². The molecule has 0 radical (unpaired) electrons. The van der Waals surface area contributed by atoms with Crippen LogP contribution in [-0.4, -0.2) is 19.7 Å². The van der Waals surface area contributed by atoms with Crippen molar-refractivity contribution in [1.82, 2.24) is 19.7 Å². The van der Waals surface area contributed by atoms with Gasteiger partial charge < -0.3 is 0 Å². The number of hydrogen-bond donors (Lipinski definition) is 0. The second-order valence-corrected chi connectivity index (χ2v) is 7.08. The van der Waals surface area contributed by atoms with Gasteiger partial charge in [0.2, 0.25) is 0 Å². The van der Waals surface area contributed by atoms with Crippen molar-refractivity contribution in [3.05, 3.63) is 76.5 Å². The minimum Gasteiger partial charge on any atom is -0.267 e. The fourth-order valence-corrected chi connectivity index (χ4v) is 3.57. The standard InChI is InChI=1S/C18H13ClN4S/c19-18-5-4-15(24-18)12-23-9-6-16(22-23)13-2-1-3-14(10-13)17-11-20-7-8-21-17/h1-11H,12H2. The van der Waals surface area contributed by atoms with Gasteiger partial charge in [-0.1, -0.05) is 29.8 Å². The Morgan fingerprint density at radius 2 is 1.88 bits per heavy atom. The highest BCUT2D eigenvalue weighted by Gasteiger charge is 2.07. The summed E-state index contributed by atoms with van der Waals surface area (Å²) in [6.07, 6.45) is 7.12. The van der Waals surface area contributed by atoms with Crippen LogP contribution in [0.1, 0.15) is 4.88 Å². The van der Waals surface area contributed by atoms with Gasteiger partial charge in [-0.15, -0.1) is 11.3 Å². The molecule has 4 rings (SSSR count). The highest BCUT2D eigenvalue weighted by Crippen LogP contribution is 2.25. The summed E-state index contributed by atoms with van der Waals surface area (Å²) in [6, 6.07) is 14.1. The molecule has 0 aliphatic rings. The molecule has 0 atom stereocenters. The largest absolute Gasteiger partial charge is 0.267 e. The van der Waals surface area contributed by atoms with Crippen molar-refractivity contribution in [2.45, 2.75) is 6.54 Å². The zero-order valence-electron chi connectivity index (χ0n) is 12.6. The van der Waals surface area contributed by atoms with Crippen LogP contribution in [0.25, 0.3) is 22.5 Å². The summed E-state index contributed by atoms with van der Waals surface area (Å²) < 4.78 is 2.72. The lowest BCUT2D eigenvalue weighted by atomic mass is 10.1. The lowest BCUT2D eigenvalue weighted by Crippen LogP contribution is -1.98. The summed E-state index contributed by atoms with van der Waals surface area (Å²) in [5.74, 6) is 0. The van der Waals surface area contributed by atoms with Crippen molar-refractivity contribution in [2.24, 2.45) is 0 Å². The average molecular weight is 353 g/mol. The van der Waals surface area contributed by atoms with Crippen LogP contribution in [0.3, 0.4) is 0 Å².